The fourth-order valence-corrected chi connectivity index (χ4v) is 1.35. The van der Waals surface area contributed by atoms with Gasteiger partial charge in [0, 0.05) is 19.3 Å². The van der Waals surface area contributed by atoms with Crippen LogP contribution in [0.15, 0.2) is 12.5 Å². The van der Waals surface area contributed by atoms with Gasteiger partial charge in [-0.1, -0.05) is 13.8 Å². The van der Waals surface area contributed by atoms with Gasteiger partial charge >= 0.3 is 5.97 Å². The Kier molecular flexibility index (Phi) is 5.87. The molecule has 0 saturated heterocycles. The maximum Gasteiger partial charge on any atom is 0.339 e. The number of aromatic nitrogens is 2. The van der Waals surface area contributed by atoms with Gasteiger partial charge in [-0.25, -0.2) is 14.8 Å². The van der Waals surface area contributed by atoms with Gasteiger partial charge in [0.1, 0.15) is 11.9 Å². The number of hydrogen-bond acceptors (Lipinski definition) is 5. The molecule has 0 unspecified atom stereocenters. The van der Waals surface area contributed by atoms with Crippen LogP contribution in [0.25, 0.3) is 0 Å². The molecule has 0 bridgehead atoms. The second kappa shape index (κ2) is 7.42. The van der Waals surface area contributed by atoms with Gasteiger partial charge < -0.3 is 15.7 Å². The van der Waals surface area contributed by atoms with Gasteiger partial charge in [-0.05, 0) is 5.92 Å². The van der Waals surface area contributed by atoms with E-state index in [1.165, 1.54) is 12.5 Å². The average Bonchev–Trinajstić information content (AvgIpc) is 2.36. The summed E-state index contributed by atoms with van der Waals surface area (Å²) in [7, 11) is 0. The molecule has 0 aliphatic heterocycles. The first-order chi connectivity index (χ1) is 9.00. The number of amides is 1. The first kappa shape index (κ1) is 15.0. The molecule has 0 atom stereocenters. The molecule has 1 rings (SSSR count). The topological polar surface area (TPSA) is 104 Å². The standard InChI is InChI=1S/C12H18N4O3/c1-8(2)3-15-11(17)6-13-5-10-9(12(18)19)4-14-7-16-10/h4,7-8,13H,3,5-6H2,1-2H3,(H,15,17)(H,18,19). The third kappa shape index (κ3) is 5.43. The Hall–Kier alpha value is -2.02. The number of rotatable bonds is 7. The van der Waals surface area contributed by atoms with E-state index in [-0.39, 0.29) is 24.6 Å². The van der Waals surface area contributed by atoms with E-state index < -0.39 is 5.97 Å². The third-order valence-electron chi connectivity index (χ3n) is 2.31. The van der Waals surface area contributed by atoms with Crippen molar-refractivity contribution in [3.05, 3.63) is 23.8 Å². The van der Waals surface area contributed by atoms with Gasteiger partial charge in [-0.15, -0.1) is 0 Å². The Morgan fingerprint density at radius 2 is 2.16 bits per heavy atom. The number of carbonyl (C=O) groups is 2. The quantitative estimate of drug-likeness (QED) is 0.643. The van der Waals surface area contributed by atoms with Crippen molar-refractivity contribution in [1.82, 2.24) is 20.6 Å². The predicted molar refractivity (Wildman–Crippen MR) is 68.5 cm³/mol. The summed E-state index contributed by atoms with van der Waals surface area (Å²) in [6, 6.07) is 0. The fraction of sp³-hybridized carbons (Fsp3) is 0.500. The maximum absolute atomic E-state index is 11.4. The van der Waals surface area contributed by atoms with E-state index in [9.17, 15) is 9.59 Å². The van der Waals surface area contributed by atoms with E-state index in [0.717, 1.165) is 0 Å². The highest BCUT2D eigenvalue weighted by atomic mass is 16.4. The van der Waals surface area contributed by atoms with Crippen molar-refractivity contribution in [3.63, 3.8) is 0 Å². The van der Waals surface area contributed by atoms with Crippen LogP contribution in [-0.4, -0.2) is 40.0 Å². The van der Waals surface area contributed by atoms with Crippen LogP contribution in [0, 0.1) is 5.92 Å². The second-order valence-corrected chi connectivity index (χ2v) is 4.49. The maximum atomic E-state index is 11.4. The van der Waals surface area contributed by atoms with Crippen LogP contribution in [0.1, 0.15) is 29.9 Å². The minimum absolute atomic E-state index is 0.0394. The van der Waals surface area contributed by atoms with Crippen molar-refractivity contribution in [3.8, 4) is 0 Å². The zero-order valence-corrected chi connectivity index (χ0v) is 11.0. The van der Waals surface area contributed by atoms with Crippen molar-refractivity contribution in [2.45, 2.75) is 20.4 Å². The molecule has 3 N–H and O–H groups in total. The summed E-state index contributed by atoms with van der Waals surface area (Å²) in [5, 5.41) is 14.5. The summed E-state index contributed by atoms with van der Waals surface area (Å²) in [6.07, 6.45) is 2.52. The van der Waals surface area contributed by atoms with Crippen LogP contribution in [0.3, 0.4) is 0 Å². The van der Waals surface area contributed by atoms with Gasteiger partial charge in [0.05, 0.1) is 12.2 Å². The van der Waals surface area contributed by atoms with E-state index in [2.05, 4.69) is 20.6 Å². The van der Waals surface area contributed by atoms with Crippen LogP contribution >= 0.6 is 0 Å². The molecule has 0 fully saturated rings. The largest absolute Gasteiger partial charge is 0.478 e. The van der Waals surface area contributed by atoms with Gasteiger partial charge in [-0.3, -0.25) is 4.79 Å². The van der Waals surface area contributed by atoms with Gasteiger partial charge in [-0.2, -0.15) is 0 Å². The minimum atomic E-state index is -1.08. The third-order valence-corrected chi connectivity index (χ3v) is 2.31. The molecule has 7 heteroatoms. The highest BCUT2D eigenvalue weighted by molar-refractivity contribution is 5.88. The number of aromatic carboxylic acids is 1. The monoisotopic (exact) mass is 266 g/mol. The number of carbonyl (C=O) groups excluding carboxylic acids is 1. The fourth-order valence-electron chi connectivity index (χ4n) is 1.35. The minimum Gasteiger partial charge on any atom is -0.478 e. The lowest BCUT2D eigenvalue weighted by Gasteiger charge is -2.09. The van der Waals surface area contributed by atoms with Crippen molar-refractivity contribution in [2.24, 2.45) is 5.92 Å². The lowest BCUT2D eigenvalue weighted by molar-refractivity contribution is -0.120. The van der Waals surface area contributed by atoms with Crippen molar-refractivity contribution < 1.29 is 14.7 Å². The zero-order chi connectivity index (χ0) is 14.3. The molecule has 0 aliphatic rings. The van der Waals surface area contributed by atoms with Crippen LogP contribution in [-0.2, 0) is 11.3 Å². The molecule has 1 amide bonds. The molecule has 1 aromatic rings. The number of hydrogen-bond donors (Lipinski definition) is 3. The van der Waals surface area contributed by atoms with E-state index >= 15 is 0 Å². The summed E-state index contributed by atoms with van der Waals surface area (Å²) in [5.41, 5.74) is 0.400. The molecule has 0 saturated carbocycles. The molecule has 19 heavy (non-hydrogen) atoms. The van der Waals surface area contributed by atoms with Crippen molar-refractivity contribution in [1.29, 1.82) is 0 Å². The summed E-state index contributed by atoms with van der Waals surface area (Å²) in [4.78, 5) is 29.9. The Morgan fingerprint density at radius 1 is 1.42 bits per heavy atom. The van der Waals surface area contributed by atoms with E-state index in [4.69, 9.17) is 5.11 Å². The highest BCUT2D eigenvalue weighted by Crippen LogP contribution is 2.02. The smallest absolute Gasteiger partial charge is 0.339 e. The van der Waals surface area contributed by atoms with Gasteiger partial charge in [0.15, 0.2) is 0 Å². The summed E-state index contributed by atoms with van der Waals surface area (Å²) >= 11 is 0. The SMILES string of the molecule is CC(C)CNC(=O)CNCc1ncncc1C(=O)O. The number of nitrogens with zero attached hydrogens (tertiary/aromatic N) is 2. The second-order valence-electron chi connectivity index (χ2n) is 4.49. The Balaban J connectivity index is 2.41. The molecule has 104 valence electrons. The van der Waals surface area contributed by atoms with Crippen LogP contribution in [0.5, 0.6) is 0 Å². The lowest BCUT2D eigenvalue weighted by atomic mass is 10.2. The average molecular weight is 266 g/mol. The Bertz CT molecular complexity index is 448. The first-order valence-electron chi connectivity index (χ1n) is 6.00. The molecular weight excluding hydrogens is 248 g/mol. The van der Waals surface area contributed by atoms with Gasteiger partial charge in [0.2, 0.25) is 5.91 Å². The number of nitrogens with one attached hydrogen (secondary N) is 2. The molecule has 1 heterocycles. The summed E-state index contributed by atoms with van der Waals surface area (Å²) in [6.45, 7) is 4.96. The molecule has 0 spiro atoms. The van der Waals surface area contributed by atoms with E-state index in [0.29, 0.717) is 18.2 Å². The normalized spacial score (nSPS) is 10.5. The molecule has 0 aromatic carbocycles. The van der Waals surface area contributed by atoms with E-state index in [1.807, 2.05) is 13.8 Å². The summed E-state index contributed by atoms with van der Waals surface area (Å²) in [5.74, 6) is -0.814. The van der Waals surface area contributed by atoms with Crippen molar-refractivity contribution in [2.75, 3.05) is 13.1 Å². The van der Waals surface area contributed by atoms with Crippen LogP contribution in [0.2, 0.25) is 0 Å². The molecule has 1 aromatic heterocycles. The van der Waals surface area contributed by atoms with Crippen LogP contribution in [0.4, 0.5) is 0 Å². The highest BCUT2D eigenvalue weighted by Gasteiger charge is 2.11. The molecule has 0 aliphatic carbocycles. The number of carboxylic acids is 1. The first-order valence-corrected chi connectivity index (χ1v) is 6.00. The number of carboxylic acid groups (broad SMARTS) is 1. The molecular formula is C12H18N4O3. The van der Waals surface area contributed by atoms with Crippen LogP contribution < -0.4 is 10.6 Å². The Labute approximate surface area is 111 Å². The Morgan fingerprint density at radius 3 is 2.79 bits per heavy atom. The zero-order valence-electron chi connectivity index (χ0n) is 11.0. The van der Waals surface area contributed by atoms with Gasteiger partial charge in [0.25, 0.3) is 0 Å². The molecule has 0 radical (unpaired) electrons. The summed E-state index contributed by atoms with van der Waals surface area (Å²) < 4.78 is 0. The van der Waals surface area contributed by atoms with E-state index in [1.54, 1.807) is 0 Å². The lowest BCUT2D eigenvalue weighted by Crippen LogP contribution is -2.35. The molecule has 7 nitrogen and oxygen atoms in total. The van der Waals surface area contributed by atoms with Crippen molar-refractivity contribution >= 4 is 11.9 Å². The predicted octanol–water partition coefficient (Wildman–Crippen LogP) is 0.0366.